The Labute approximate surface area is 120 Å². The van der Waals surface area contributed by atoms with Crippen LogP contribution in [-0.4, -0.2) is 0 Å². The van der Waals surface area contributed by atoms with Crippen molar-refractivity contribution in [3.63, 3.8) is 0 Å². The summed E-state index contributed by atoms with van der Waals surface area (Å²) in [7, 11) is 0. The van der Waals surface area contributed by atoms with E-state index in [4.69, 9.17) is 0 Å². The molecule has 0 amide bonds. The van der Waals surface area contributed by atoms with Crippen molar-refractivity contribution in [1.82, 2.24) is 0 Å². The van der Waals surface area contributed by atoms with E-state index in [-0.39, 0.29) is 10.8 Å². The lowest BCUT2D eigenvalue weighted by Crippen LogP contribution is -2.24. The third kappa shape index (κ3) is 1.42. The highest BCUT2D eigenvalue weighted by Gasteiger charge is 2.40. The second-order valence-corrected chi connectivity index (χ2v) is 6.45. The van der Waals surface area contributed by atoms with Crippen LogP contribution < -0.4 is 0 Å². The number of allylic oxidation sites excluding steroid dienone is 4. The van der Waals surface area contributed by atoms with Crippen molar-refractivity contribution in [2.45, 2.75) is 19.3 Å². The van der Waals surface area contributed by atoms with Crippen LogP contribution in [-0.2, 0) is 5.41 Å². The molecule has 2 aromatic rings. The number of fused-ring (bicyclic) bond motifs is 5. The second-order valence-electron chi connectivity index (χ2n) is 6.45. The van der Waals surface area contributed by atoms with Gasteiger partial charge in [-0.2, -0.15) is 0 Å². The van der Waals surface area contributed by atoms with Gasteiger partial charge in [0.15, 0.2) is 0 Å². The predicted octanol–water partition coefficient (Wildman–Crippen LogP) is 5.11. The van der Waals surface area contributed by atoms with Crippen molar-refractivity contribution >= 4 is 0 Å². The summed E-state index contributed by atoms with van der Waals surface area (Å²) in [6, 6.07) is 17.6. The third-order valence-electron chi connectivity index (χ3n) is 4.59. The molecule has 98 valence electrons. The van der Waals surface area contributed by atoms with Gasteiger partial charge in [0, 0.05) is 5.41 Å². The first kappa shape index (κ1) is 11.7. The van der Waals surface area contributed by atoms with E-state index in [9.17, 15) is 0 Å². The number of rotatable bonds is 0. The van der Waals surface area contributed by atoms with Crippen LogP contribution in [0.2, 0.25) is 0 Å². The topological polar surface area (TPSA) is 0 Å². The van der Waals surface area contributed by atoms with Gasteiger partial charge in [-0.15, -0.1) is 0 Å². The van der Waals surface area contributed by atoms with E-state index in [0.29, 0.717) is 0 Å². The van der Waals surface area contributed by atoms with E-state index < -0.39 is 0 Å². The molecule has 0 nitrogen and oxygen atoms in total. The van der Waals surface area contributed by atoms with Gasteiger partial charge in [-0.3, -0.25) is 0 Å². The number of hydrogen-bond acceptors (Lipinski definition) is 0. The molecular formula is C20H18. The Morgan fingerprint density at radius 1 is 0.600 bits per heavy atom. The van der Waals surface area contributed by atoms with Crippen LogP contribution in [0.4, 0.5) is 0 Å². The van der Waals surface area contributed by atoms with Crippen LogP contribution in [0.5, 0.6) is 0 Å². The first-order valence-electron chi connectivity index (χ1n) is 7.23. The normalized spacial score (nSPS) is 19.9. The second kappa shape index (κ2) is 3.73. The molecule has 0 saturated heterocycles. The van der Waals surface area contributed by atoms with Crippen LogP contribution in [0, 0.1) is 5.41 Å². The molecule has 2 aromatic carbocycles. The summed E-state index contributed by atoms with van der Waals surface area (Å²) in [5.74, 6) is 0. The first-order chi connectivity index (χ1) is 9.62. The molecule has 0 aromatic heterocycles. The molecule has 0 heteroatoms. The van der Waals surface area contributed by atoms with E-state index in [1.807, 2.05) is 0 Å². The molecule has 4 rings (SSSR count). The van der Waals surface area contributed by atoms with E-state index in [2.05, 4.69) is 86.7 Å². The molecule has 20 heavy (non-hydrogen) atoms. The maximum absolute atomic E-state index is 2.39. The molecule has 0 radical (unpaired) electrons. The highest BCUT2D eigenvalue weighted by Crippen LogP contribution is 2.52. The van der Waals surface area contributed by atoms with Crippen LogP contribution in [0.25, 0.3) is 11.1 Å². The predicted molar refractivity (Wildman–Crippen MR) is 84.7 cm³/mol. The van der Waals surface area contributed by atoms with Gasteiger partial charge in [0.1, 0.15) is 0 Å². The number of hydrogen-bond donors (Lipinski definition) is 0. The molecule has 0 saturated carbocycles. The van der Waals surface area contributed by atoms with Gasteiger partial charge in [0.2, 0.25) is 0 Å². The molecule has 0 aliphatic heterocycles. The zero-order valence-electron chi connectivity index (χ0n) is 11.9. The zero-order valence-corrected chi connectivity index (χ0v) is 11.9. The lowest BCUT2D eigenvalue weighted by atomic mass is 9.71. The Bertz CT molecular complexity index is 681. The quantitative estimate of drug-likeness (QED) is 0.576. The lowest BCUT2D eigenvalue weighted by Gasteiger charge is -2.32. The van der Waals surface area contributed by atoms with Crippen LogP contribution in [0.1, 0.15) is 25.0 Å². The summed E-state index contributed by atoms with van der Waals surface area (Å²) >= 11 is 0. The van der Waals surface area contributed by atoms with E-state index in [1.54, 1.807) is 0 Å². The maximum atomic E-state index is 2.39. The first-order valence-corrected chi connectivity index (χ1v) is 7.23. The fraction of sp³-hybridized carbons (Fsp3) is 0.200. The average molecular weight is 258 g/mol. The van der Waals surface area contributed by atoms with E-state index in [0.717, 1.165) is 0 Å². The van der Waals surface area contributed by atoms with Gasteiger partial charge >= 0.3 is 0 Å². The average Bonchev–Trinajstić information content (AvgIpc) is 2.74. The fourth-order valence-corrected chi connectivity index (χ4v) is 3.47. The Morgan fingerprint density at radius 3 is 1.55 bits per heavy atom. The highest BCUT2D eigenvalue weighted by atomic mass is 14.4. The van der Waals surface area contributed by atoms with Gasteiger partial charge in [-0.05, 0) is 22.3 Å². The molecular weight excluding hydrogens is 240 g/mol. The summed E-state index contributed by atoms with van der Waals surface area (Å²) in [4.78, 5) is 0. The molecule has 0 N–H and O–H groups in total. The van der Waals surface area contributed by atoms with Crippen LogP contribution >= 0.6 is 0 Å². The minimum Gasteiger partial charge on any atom is -0.0776 e. The molecule has 0 fully saturated rings. The van der Waals surface area contributed by atoms with Gasteiger partial charge in [0.25, 0.3) is 0 Å². The van der Waals surface area contributed by atoms with Crippen molar-refractivity contribution in [2.24, 2.45) is 5.41 Å². The minimum atomic E-state index is -0.0668. The summed E-state index contributed by atoms with van der Waals surface area (Å²) in [5.41, 5.74) is 5.64. The van der Waals surface area contributed by atoms with Gasteiger partial charge in [0.05, 0.1) is 5.41 Å². The van der Waals surface area contributed by atoms with Crippen LogP contribution in [0.15, 0.2) is 72.8 Å². The van der Waals surface area contributed by atoms with E-state index >= 15 is 0 Å². The van der Waals surface area contributed by atoms with E-state index in [1.165, 1.54) is 22.3 Å². The standard InChI is InChI=1S/C20H18/c1-19(2)11-13-20(14-12-19)17-9-5-3-7-15(17)16-8-4-6-10-18(16)20/h3-14H,1-2H3. The Hall–Kier alpha value is -2.08. The molecule has 0 atom stereocenters. The molecule has 0 bridgehead atoms. The third-order valence-corrected chi connectivity index (χ3v) is 4.59. The lowest BCUT2D eigenvalue weighted by molar-refractivity contribution is 0.593. The molecule has 0 heterocycles. The molecule has 2 aliphatic rings. The van der Waals surface area contributed by atoms with Gasteiger partial charge in [-0.25, -0.2) is 0 Å². The Kier molecular flexibility index (Phi) is 2.18. The van der Waals surface area contributed by atoms with Crippen LogP contribution in [0.3, 0.4) is 0 Å². The summed E-state index contributed by atoms with van der Waals surface area (Å²) in [6.07, 6.45) is 9.45. The smallest absolute Gasteiger partial charge is 0.0575 e. The van der Waals surface area contributed by atoms with Gasteiger partial charge in [-0.1, -0.05) is 86.7 Å². The van der Waals surface area contributed by atoms with Crippen molar-refractivity contribution < 1.29 is 0 Å². The summed E-state index contributed by atoms with van der Waals surface area (Å²) < 4.78 is 0. The Morgan fingerprint density at radius 2 is 1.05 bits per heavy atom. The maximum Gasteiger partial charge on any atom is 0.0575 e. The zero-order chi connectivity index (χ0) is 13.8. The monoisotopic (exact) mass is 258 g/mol. The minimum absolute atomic E-state index is 0.0668. The van der Waals surface area contributed by atoms with Crippen molar-refractivity contribution in [1.29, 1.82) is 0 Å². The summed E-state index contributed by atoms with van der Waals surface area (Å²) in [6.45, 7) is 4.50. The van der Waals surface area contributed by atoms with Crippen molar-refractivity contribution in [2.75, 3.05) is 0 Å². The van der Waals surface area contributed by atoms with Gasteiger partial charge < -0.3 is 0 Å². The molecule has 2 aliphatic carbocycles. The van der Waals surface area contributed by atoms with Crippen molar-refractivity contribution in [3.8, 4) is 11.1 Å². The van der Waals surface area contributed by atoms with Crippen molar-refractivity contribution in [3.05, 3.63) is 84.0 Å². The SMILES string of the molecule is CC1(C)C=CC2(C=C1)c1ccccc1-c1ccccc12. The highest BCUT2D eigenvalue weighted by molar-refractivity contribution is 5.84. The summed E-state index contributed by atoms with van der Waals surface area (Å²) in [5, 5.41) is 0. The molecule has 1 spiro atoms. The number of benzene rings is 2. The fourth-order valence-electron chi connectivity index (χ4n) is 3.47. The molecule has 0 unspecified atom stereocenters. The largest absolute Gasteiger partial charge is 0.0776 e. The Balaban J connectivity index is 2.05.